The summed E-state index contributed by atoms with van der Waals surface area (Å²) >= 11 is 0. The van der Waals surface area contributed by atoms with E-state index < -0.39 is 5.60 Å². The monoisotopic (exact) mass is 476 g/mol. The van der Waals surface area contributed by atoms with Crippen LogP contribution in [0.25, 0.3) is 0 Å². The van der Waals surface area contributed by atoms with Crippen molar-refractivity contribution in [3.63, 3.8) is 0 Å². The molecule has 4 aliphatic carbocycles. The third kappa shape index (κ3) is 3.28. The summed E-state index contributed by atoms with van der Waals surface area (Å²) in [5, 5.41) is 0. The van der Waals surface area contributed by atoms with Crippen LogP contribution in [0.2, 0.25) is 0 Å². The van der Waals surface area contributed by atoms with Gasteiger partial charge in [0.05, 0.1) is 12.7 Å². The van der Waals surface area contributed by atoms with Crippen LogP contribution in [0.1, 0.15) is 92.4 Å². The van der Waals surface area contributed by atoms with E-state index in [9.17, 15) is 14.4 Å². The van der Waals surface area contributed by atoms with Gasteiger partial charge in [-0.3, -0.25) is 14.4 Å². The Labute approximate surface area is 202 Å². The van der Waals surface area contributed by atoms with E-state index in [0.29, 0.717) is 24.2 Å². The molecule has 3 unspecified atom stereocenters. The molecule has 34 heavy (non-hydrogen) atoms. The predicted molar refractivity (Wildman–Crippen MR) is 123 cm³/mol. The molecule has 7 nitrogen and oxygen atoms in total. The van der Waals surface area contributed by atoms with Gasteiger partial charge in [-0.1, -0.05) is 13.8 Å². The van der Waals surface area contributed by atoms with Crippen molar-refractivity contribution in [2.75, 3.05) is 6.61 Å². The Kier molecular flexibility index (Phi) is 5.62. The predicted octanol–water partition coefficient (Wildman–Crippen LogP) is 4.35. The normalized spacial score (nSPS) is 48.4. The van der Waals surface area contributed by atoms with Gasteiger partial charge >= 0.3 is 17.9 Å². The van der Waals surface area contributed by atoms with Gasteiger partial charge in [-0.25, -0.2) is 0 Å². The van der Waals surface area contributed by atoms with Crippen molar-refractivity contribution in [1.82, 2.24) is 0 Å². The van der Waals surface area contributed by atoms with Crippen LogP contribution in [0.15, 0.2) is 0 Å². The molecule has 7 heteroatoms. The third-order valence-electron chi connectivity index (χ3n) is 10.8. The van der Waals surface area contributed by atoms with Gasteiger partial charge in [-0.15, -0.1) is 0 Å². The van der Waals surface area contributed by atoms with E-state index in [2.05, 4.69) is 13.8 Å². The molecule has 5 rings (SSSR count). The van der Waals surface area contributed by atoms with Gasteiger partial charge in [0.15, 0.2) is 0 Å². The van der Waals surface area contributed by atoms with Crippen molar-refractivity contribution in [3.05, 3.63) is 0 Å². The smallest absolute Gasteiger partial charge is 0.303 e. The minimum absolute atomic E-state index is 0.0268. The lowest BCUT2D eigenvalue weighted by molar-refractivity contribution is -0.187. The molecule has 0 aromatic heterocycles. The van der Waals surface area contributed by atoms with Gasteiger partial charge in [0.1, 0.15) is 17.3 Å². The van der Waals surface area contributed by atoms with Gasteiger partial charge in [-0.05, 0) is 69.1 Å². The molecule has 1 heterocycles. The quantitative estimate of drug-likeness (QED) is 0.331. The molecule has 1 spiro atoms. The van der Waals surface area contributed by atoms with Gasteiger partial charge in [0, 0.05) is 38.0 Å². The number of hydrogen-bond donors (Lipinski definition) is 0. The average molecular weight is 477 g/mol. The number of esters is 3. The first-order valence-electron chi connectivity index (χ1n) is 13.2. The molecule has 0 bridgehead atoms. The van der Waals surface area contributed by atoms with E-state index in [-0.39, 0.29) is 53.2 Å². The van der Waals surface area contributed by atoms with Crippen LogP contribution in [0.4, 0.5) is 0 Å². The lowest BCUT2D eigenvalue weighted by Crippen LogP contribution is -2.62. The maximum Gasteiger partial charge on any atom is 0.303 e. The number of rotatable bonds is 5. The average Bonchev–Trinajstić information content (AvgIpc) is 3.38. The molecule has 1 saturated heterocycles. The number of hydrogen-bond acceptors (Lipinski definition) is 7. The molecule has 0 radical (unpaired) electrons. The zero-order chi connectivity index (χ0) is 24.5. The highest BCUT2D eigenvalue weighted by molar-refractivity contribution is 5.67. The first-order chi connectivity index (χ1) is 16.0. The van der Waals surface area contributed by atoms with Crippen molar-refractivity contribution < 1.29 is 33.3 Å². The summed E-state index contributed by atoms with van der Waals surface area (Å²) in [5.41, 5.74) is -0.847. The number of fused-ring (bicyclic) bond motifs is 3. The minimum Gasteiger partial charge on any atom is -0.466 e. The van der Waals surface area contributed by atoms with Crippen molar-refractivity contribution in [3.8, 4) is 0 Å². The molecule has 4 saturated carbocycles. The summed E-state index contributed by atoms with van der Waals surface area (Å²) in [7, 11) is 0. The molecule has 0 aromatic carbocycles. The molecule has 190 valence electrons. The fraction of sp³-hybridized carbons (Fsp3) is 0.889. The van der Waals surface area contributed by atoms with Crippen molar-refractivity contribution in [2.24, 2.45) is 28.6 Å². The number of epoxide rings is 1. The first-order valence-corrected chi connectivity index (χ1v) is 13.2. The molecule has 9 atom stereocenters. The van der Waals surface area contributed by atoms with Crippen LogP contribution in [0, 0.1) is 28.6 Å². The zero-order valence-electron chi connectivity index (χ0n) is 21.3. The van der Waals surface area contributed by atoms with Gasteiger partial charge in [0.25, 0.3) is 0 Å². The maximum absolute atomic E-state index is 12.2. The van der Waals surface area contributed by atoms with E-state index in [1.54, 1.807) is 0 Å². The fourth-order valence-corrected chi connectivity index (χ4v) is 9.36. The Balaban J connectivity index is 1.41. The zero-order valence-corrected chi connectivity index (χ0v) is 21.3. The summed E-state index contributed by atoms with van der Waals surface area (Å²) in [6, 6.07) is 0. The highest BCUT2D eigenvalue weighted by Crippen LogP contribution is 2.77. The third-order valence-corrected chi connectivity index (χ3v) is 10.8. The molecule has 1 aliphatic heterocycles. The SMILES string of the molecule is CC(=O)OCC[C@@]1(OC(C)=O)CC[C@H]2[C@@H]3CCC4CC(OC(C)=O)CC[C@]4(C)[C@]34OC4C[C@@]21C. The minimum atomic E-state index is -0.623. The first kappa shape index (κ1) is 24.1. The molecule has 0 amide bonds. The lowest BCUT2D eigenvalue weighted by Gasteiger charge is -2.60. The standard InChI is InChI=1S/C27H40O7/c1-16(28)31-13-12-26(33-18(3)30)11-9-21-22-7-6-19-14-20(32-17(2)29)8-10-24(19,4)27(22)23(34-27)15-25(21,26)5/h19-23H,6-15H2,1-5H3/t19?,20?,21-,22-,23?,24-,25-,26-,27-/m0/s1. The largest absolute Gasteiger partial charge is 0.466 e. The molecular formula is C27H40O7. The summed E-state index contributed by atoms with van der Waals surface area (Å²) < 4.78 is 23.8. The van der Waals surface area contributed by atoms with E-state index in [1.807, 2.05) is 0 Å². The van der Waals surface area contributed by atoms with Crippen molar-refractivity contribution in [1.29, 1.82) is 0 Å². The molecule has 5 aliphatic rings. The number of carbonyl (C=O) groups excluding carboxylic acids is 3. The van der Waals surface area contributed by atoms with E-state index in [0.717, 1.165) is 51.4 Å². The van der Waals surface area contributed by atoms with Crippen LogP contribution in [-0.2, 0) is 33.3 Å². The highest BCUT2D eigenvalue weighted by Gasteiger charge is 2.81. The number of carbonyl (C=O) groups is 3. The van der Waals surface area contributed by atoms with E-state index in [1.165, 1.54) is 20.8 Å². The van der Waals surface area contributed by atoms with Crippen LogP contribution in [0.3, 0.4) is 0 Å². The second-order valence-electron chi connectivity index (χ2n) is 12.1. The Hall–Kier alpha value is -1.63. The maximum atomic E-state index is 12.2. The Morgan fingerprint density at radius 2 is 1.65 bits per heavy atom. The molecule has 5 fully saturated rings. The van der Waals surface area contributed by atoms with Crippen molar-refractivity contribution >= 4 is 17.9 Å². The lowest BCUT2D eigenvalue weighted by atomic mass is 9.44. The number of ether oxygens (including phenoxy) is 4. The van der Waals surface area contributed by atoms with Gasteiger partial charge in [-0.2, -0.15) is 0 Å². The topological polar surface area (TPSA) is 91.4 Å². The van der Waals surface area contributed by atoms with Crippen LogP contribution in [-0.4, -0.2) is 47.9 Å². The van der Waals surface area contributed by atoms with E-state index >= 15 is 0 Å². The van der Waals surface area contributed by atoms with Gasteiger partial charge in [0.2, 0.25) is 0 Å². The Morgan fingerprint density at radius 1 is 0.882 bits per heavy atom. The fourth-order valence-electron chi connectivity index (χ4n) is 9.36. The van der Waals surface area contributed by atoms with Crippen LogP contribution >= 0.6 is 0 Å². The van der Waals surface area contributed by atoms with E-state index in [4.69, 9.17) is 18.9 Å². The van der Waals surface area contributed by atoms with Gasteiger partial charge < -0.3 is 18.9 Å². The second kappa shape index (κ2) is 7.94. The second-order valence-corrected chi connectivity index (χ2v) is 12.1. The summed E-state index contributed by atoms with van der Waals surface area (Å²) in [4.78, 5) is 35.2. The van der Waals surface area contributed by atoms with Crippen LogP contribution in [0.5, 0.6) is 0 Å². The summed E-state index contributed by atoms with van der Waals surface area (Å²) in [6.07, 6.45) is 8.49. The Bertz CT molecular complexity index is 886. The van der Waals surface area contributed by atoms with Crippen molar-refractivity contribution in [2.45, 2.75) is 116 Å². The molecule has 0 N–H and O–H groups in total. The highest BCUT2D eigenvalue weighted by atomic mass is 16.6. The van der Waals surface area contributed by atoms with Crippen LogP contribution < -0.4 is 0 Å². The summed E-state index contributed by atoms with van der Waals surface area (Å²) in [5.74, 6) is 0.593. The molecule has 0 aromatic rings. The summed E-state index contributed by atoms with van der Waals surface area (Å²) in [6.45, 7) is 9.38. The Morgan fingerprint density at radius 3 is 2.32 bits per heavy atom. The molecular weight excluding hydrogens is 436 g/mol.